The van der Waals surface area contributed by atoms with Gasteiger partial charge in [0.05, 0.1) is 10.5 Å². The average molecular weight is 212 g/mol. The molecule has 0 atom stereocenters. The molecule has 0 spiro atoms. The van der Waals surface area contributed by atoms with E-state index in [-0.39, 0.29) is 18.0 Å². The van der Waals surface area contributed by atoms with Crippen molar-refractivity contribution in [2.24, 2.45) is 5.73 Å². The van der Waals surface area contributed by atoms with Gasteiger partial charge in [-0.2, -0.15) is 0 Å². The number of nitro benzene ring substituents is 1. The van der Waals surface area contributed by atoms with E-state index in [2.05, 4.69) is 0 Å². The van der Waals surface area contributed by atoms with E-state index in [1.165, 1.54) is 12.1 Å². The van der Waals surface area contributed by atoms with Crippen molar-refractivity contribution >= 4 is 11.7 Å². The first-order valence-electron chi connectivity index (χ1n) is 3.91. The molecule has 0 amide bonds. The smallest absolute Gasteiger partial charge is 0.335 e. The zero-order chi connectivity index (χ0) is 11.4. The molecule has 0 saturated carbocycles. The molecule has 1 rings (SSSR count). The molecule has 0 bridgehead atoms. The van der Waals surface area contributed by atoms with E-state index < -0.39 is 16.6 Å². The summed E-state index contributed by atoms with van der Waals surface area (Å²) in [5.74, 6) is -1.29. The van der Waals surface area contributed by atoms with Crippen molar-refractivity contribution in [2.75, 3.05) is 6.73 Å². The van der Waals surface area contributed by atoms with E-state index in [4.69, 9.17) is 15.6 Å². The van der Waals surface area contributed by atoms with Crippen molar-refractivity contribution in [1.29, 1.82) is 0 Å². The number of ether oxygens (including phenoxy) is 1. The van der Waals surface area contributed by atoms with Gasteiger partial charge in [-0.15, -0.1) is 0 Å². The van der Waals surface area contributed by atoms with Crippen LogP contribution in [-0.4, -0.2) is 22.7 Å². The minimum absolute atomic E-state index is 0.0486. The fourth-order valence-electron chi connectivity index (χ4n) is 1.00. The maximum Gasteiger partial charge on any atom is 0.335 e. The van der Waals surface area contributed by atoms with Crippen molar-refractivity contribution in [3.63, 3.8) is 0 Å². The molecule has 0 fully saturated rings. The van der Waals surface area contributed by atoms with Crippen LogP contribution in [0.25, 0.3) is 0 Å². The van der Waals surface area contributed by atoms with Gasteiger partial charge >= 0.3 is 11.7 Å². The number of carboxylic acids is 1. The number of nitrogens with zero attached hydrogens (tertiary/aromatic N) is 1. The molecule has 0 aromatic heterocycles. The Kier molecular flexibility index (Phi) is 3.19. The Balaban J connectivity index is 3.20. The number of carbonyl (C=O) groups is 1. The zero-order valence-electron chi connectivity index (χ0n) is 7.54. The summed E-state index contributed by atoms with van der Waals surface area (Å²) in [6.07, 6.45) is 0. The fraction of sp³-hybridized carbons (Fsp3) is 0.125. The first-order chi connectivity index (χ1) is 7.06. The lowest BCUT2D eigenvalue weighted by Gasteiger charge is -2.03. The maximum absolute atomic E-state index is 10.6. The highest BCUT2D eigenvalue weighted by atomic mass is 16.6. The summed E-state index contributed by atoms with van der Waals surface area (Å²) in [6.45, 7) is -0.215. The number of nitro groups is 1. The Morgan fingerprint density at radius 2 is 2.27 bits per heavy atom. The molecule has 0 aliphatic carbocycles. The van der Waals surface area contributed by atoms with Crippen LogP contribution in [-0.2, 0) is 0 Å². The Morgan fingerprint density at radius 1 is 1.60 bits per heavy atom. The van der Waals surface area contributed by atoms with Gasteiger partial charge in [-0.3, -0.25) is 15.8 Å². The van der Waals surface area contributed by atoms with Crippen molar-refractivity contribution in [3.8, 4) is 5.75 Å². The van der Waals surface area contributed by atoms with Gasteiger partial charge < -0.3 is 9.84 Å². The largest absolute Gasteiger partial charge is 0.478 e. The Bertz CT molecular complexity index is 404. The van der Waals surface area contributed by atoms with Crippen LogP contribution in [0.2, 0.25) is 0 Å². The highest BCUT2D eigenvalue weighted by Crippen LogP contribution is 2.27. The Morgan fingerprint density at radius 3 is 2.73 bits per heavy atom. The monoisotopic (exact) mass is 212 g/mol. The van der Waals surface area contributed by atoms with E-state index in [1.54, 1.807) is 0 Å². The lowest BCUT2D eigenvalue weighted by atomic mass is 10.2. The molecule has 3 N–H and O–H groups in total. The van der Waals surface area contributed by atoms with Gasteiger partial charge in [-0.05, 0) is 12.1 Å². The predicted molar refractivity (Wildman–Crippen MR) is 49.7 cm³/mol. The summed E-state index contributed by atoms with van der Waals surface area (Å²) in [5, 5.41) is 19.2. The van der Waals surface area contributed by atoms with Crippen molar-refractivity contribution < 1.29 is 19.6 Å². The quantitative estimate of drug-likeness (QED) is 0.428. The van der Waals surface area contributed by atoms with Gasteiger partial charge in [0.15, 0.2) is 5.75 Å². The average Bonchev–Trinajstić information content (AvgIpc) is 2.18. The highest BCUT2D eigenvalue weighted by molar-refractivity contribution is 5.88. The van der Waals surface area contributed by atoms with E-state index in [0.29, 0.717) is 0 Å². The molecular formula is C8H8N2O5. The van der Waals surface area contributed by atoms with Crippen molar-refractivity contribution in [2.45, 2.75) is 0 Å². The Hall–Kier alpha value is -2.15. The summed E-state index contributed by atoms with van der Waals surface area (Å²) in [4.78, 5) is 20.4. The van der Waals surface area contributed by atoms with Gasteiger partial charge in [0.1, 0.15) is 6.73 Å². The van der Waals surface area contributed by atoms with Crippen LogP contribution in [0.5, 0.6) is 5.75 Å². The highest BCUT2D eigenvalue weighted by Gasteiger charge is 2.17. The molecular weight excluding hydrogens is 204 g/mol. The summed E-state index contributed by atoms with van der Waals surface area (Å²) in [5.41, 5.74) is 4.48. The van der Waals surface area contributed by atoms with Crippen LogP contribution in [0.3, 0.4) is 0 Å². The number of hydrogen-bond donors (Lipinski definition) is 2. The molecule has 0 saturated heterocycles. The van der Waals surface area contributed by atoms with E-state index >= 15 is 0 Å². The Labute approximate surface area is 84.2 Å². The molecule has 0 aliphatic heterocycles. The fourth-order valence-corrected chi connectivity index (χ4v) is 1.00. The molecule has 0 aliphatic rings. The molecule has 0 radical (unpaired) electrons. The number of rotatable bonds is 4. The number of carboxylic acid groups (broad SMARTS) is 1. The number of nitrogens with two attached hydrogens (primary N) is 1. The van der Waals surface area contributed by atoms with Gasteiger partial charge in [-0.25, -0.2) is 4.79 Å². The third-order valence-electron chi connectivity index (χ3n) is 1.64. The van der Waals surface area contributed by atoms with Gasteiger partial charge in [0.2, 0.25) is 0 Å². The standard InChI is InChI=1S/C8H8N2O5/c9-4-15-7-2-1-5(8(11)12)3-6(7)10(13)14/h1-3H,4,9H2,(H,11,12). The van der Waals surface area contributed by atoms with Crippen LogP contribution in [0.15, 0.2) is 18.2 Å². The van der Waals surface area contributed by atoms with Crippen LogP contribution < -0.4 is 10.5 Å². The van der Waals surface area contributed by atoms with Gasteiger partial charge in [0.25, 0.3) is 0 Å². The van der Waals surface area contributed by atoms with E-state index in [9.17, 15) is 14.9 Å². The summed E-state index contributed by atoms with van der Waals surface area (Å²) < 4.78 is 4.78. The first-order valence-corrected chi connectivity index (χ1v) is 3.91. The predicted octanol–water partition coefficient (Wildman–Crippen LogP) is 0.588. The molecule has 7 nitrogen and oxygen atoms in total. The number of benzene rings is 1. The topological polar surface area (TPSA) is 116 Å². The third kappa shape index (κ3) is 2.41. The number of hydrogen-bond acceptors (Lipinski definition) is 5. The molecule has 0 unspecified atom stereocenters. The van der Waals surface area contributed by atoms with Crippen LogP contribution in [0, 0.1) is 10.1 Å². The molecule has 0 heterocycles. The summed E-state index contributed by atoms with van der Waals surface area (Å²) >= 11 is 0. The first kappa shape index (κ1) is 10.9. The molecule has 1 aromatic rings. The second-order valence-electron chi connectivity index (χ2n) is 2.56. The molecule has 15 heavy (non-hydrogen) atoms. The molecule has 80 valence electrons. The van der Waals surface area contributed by atoms with Gasteiger partial charge in [-0.1, -0.05) is 0 Å². The van der Waals surface area contributed by atoms with E-state index in [1.807, 2.05) is 0 Å². The van der Waals surface area contributed by atoms with Crippen LogP contribution >= 0.6 is 0 Å². The minimum Gasteiger partial charge on any atom is -0.478 e. The SMILES string of the molecule is NCOc1ccc(C(=O)O)cc1[N+](=O)[O-]. The maximum atomic E-state index is 10.6. The minimum atomic E-state index is -1.24. The molecule has 1 aromatic carbocycles. The molecule has 7 heteroatoms. The van der Waals surface area contributed by atoms with Gasteiger partial charge in [0, 0.05) is 6.07 Å². The van der Waals surface area contributed by atoms with Crippen LogP contribution in [0.4, 0.5) is 5.69 Å². The second-order valence-corrected chi connectivity index (χ2v) is 2.56. The summed E-state index contributed by atoms with van der Waals surface area (Å²) in [6, 6.07) is 3.34. The third-order valence-corrected chi connectivity index (χ3v) is 1.64. The zero-order valence-corrected chi connectivity index (χ0v) is 7.54. The second kappa shape index (κ2) is 4.38. The lowest BCUT2D eigenvalue weighted by Crippen LogP contribution is -2.09. The van der Waals surface area contributed by atoms with E-state index in [0.717, 1.165) is 6.07 Å². The van der Waals surface area contributed by atoms with Crippen molar-refractivity contribution in [3.05, 3.63) is 33.9 Å². The normalized spacial score (nSPS) is 9.67. The lowest BCUT2D eigenvalue weighted by molar-refractivity contribution is -0.385. The summed E-state index contributed by atoms with van der Waals surface area (Å²) in [7, 11) is 0. The van der Waals surface area contributed by atoms with Crippen molar-refractivity contribution in [1.82, 2.24) is 0 Å². The number of aromatic carboxylic acids is 1. The van der Waals surface area contributed by atoms with Crippen LogP contribution in [0.1, 0.15) is 10.4 Å².